The molecule has 0 aliphatic carbocycles. The summed E-state index contributed by atoms with van der Waals surface area (Å²) in [6, 6.07) is 8.81. The summed E-state index contributed by atoms with van der Waals surface area (Å²) in [6.45, 7) is 2.60. The van der Waals surface area contributed by atoms with Gasteiger partial charge in [0, 0.05) is 13.0 Å². The fourth-order valence-electron chi connectivity index (χ4n) is 3.10. The summed E-state index contributed by atoms with van der Waals surface area (Å²) < 4.78 is 0. The first-order valence-electron chi connectivity index (χ1n) is 11.2. The molecule has 0 spiro atoms. The fraction of sp³-hybridized carbons (Fsp3) is 0.500. The Balaban J connectivity index is 2.14. The SMILES string of the molecule is CCCCCc1ccccc1C/C=C\C/C=C\C/C=C\CCCC(=O)NCCO. The van der Waals surface area contributed by atoms with Crippen molar-refractivity contribution in [2.24, 2.45) is 0 Å². The predicted molar refractivity (Wildman–Crippen MR) is 124 cm³/mol. The number of rotatable bonds is 16. The van der Waals surface area contributed by atoms with Gasteiger partial charge in [-0.05, 0) is 56.1 Å². The third-order valence-electron chi connectivity index (χ3n) is 4.76. The minimum absolute atomic E-state index is 0.000490. The van der Waals surface area contributed by atoms with Crippen LogP contribution < -0.4 is 5.32 Å². The average molecular weight is 398 g/mol. The Morgan fingerprint density at radius 2 is 1.62 bits per heavy atom. The van der Waals surface area contributed by atoms with Gasteiger partial charge in [-0.25, -0.2) is 0 Å². The number of nitrogens with one attached hydrogen (secondary N) is 1. The monoisotopic (exact) mass is 397 g/mol. The maximum absolute atomic E-state index is 11.4. The van der Waals surface area contributed by atoms with Crippen molar-refractivity contribution in [1.29, 1.82) is 0 Å². The van der Waals surface area contributed by atoms with E-state index in [-0.39, 0.29) is 12.5 Å². The van der Waals surface area contributed by atoms with Crippen molar-refractivity contribution in [3.05, 3.63) is 71.8 Å². The number of carbonyl (C=O) groups is 1. The molecule has 0 radical (unpaired) electrons. The molecule has 29 heavy (non-hydrogen) atoms. The van der Waals surface area contributed by atoms with Gasteiger partial charge in [-0.1, -0.05) is 80.5 Å². The Kier molecular flexibility index (Phi) is 15.4. The van der Waals surface area contributed by atoms with Crippen LogP contribution in [0.1, 0.15) is 69.4 Å². The maximum atomic E-state index is 11.4. The molecule has 1 aromatic rings. The second-order valence-electron chi connectivity index (χ2n) is 7.28. The molecule has 1 amide bonds. The molecule has 3 heteroatoms. The van der Waals surface area contributed by atoms with Gasteiger partial charge in [0.15, 0.2) is 0 Å². The molecule has 2 N–H and O–H groups in total. The first kappa shape index (κ1) is 24.9. The molecule has 0 unspecified atom stereocenters. The number of carbonyl (C=O) groups excluding carboxylic acids is 1. The quantitative estimate of drug-likeness (QED) is 0.278. The second kappa shape index (κ2) is 17.9. The lowest BCUT2D eigenvalue weighted by atomic mass is 9.99. The van der Waals surface area contributed by atoms with Crippen LogP contribution in [0.15, 0.2) is 60.7 Å². The standard InChI is InChI=1S/C26H39NO2/c1-2-3-12-17-24-19-15-16-20-25(24)18-13-10-8-6-4-5-7-9-11-14-21-26(29)27-22-23-28/h4,6-7,9-10,13,15-16,19-20,28H,2-3,5,8,11-12,14,17-18,21-23H2,1H3,(H,27,29)/b6-4-,9-7-,13-10-. The number of amides is 1. The van der Waals surface area contributed by atoms with E-state index in [2.05, 4.69) is 73.0 Å². The van der Waals surface area contributed by atoms with Crippen LogP contribution in [0, 0.1) is 0 Å². The zero-order valence-electron chi connectivity index (χ0n) is 18.1. The zero-order chi connectivity index (χ0) is 21.0. The average Bonchev–Trinajstić information content (AvgIpc) is 2.74. The van der Waals surface area contributed by atoms with E-state index in [0.29, 0.717) is 13.0 Å². The van der Waals surface area contributed by atoms with Crippen LogP contribution in [0.5, 0.6) is 0 Å². The lowest BCUT2D eigenvalue weighted by Crippen LogP contribution is -2.25. The van der Waals surface area contributed by atoms with Gasteiger partial charge in [0.25, 0.3) is 0 Å². The van der Waals surface area contributed by atoms with E-state index in [1.807, 2.05) is 0 Å². The van der Waals surface area contributed by atoms with Gasteiger partial charge in [0.2, 0.25) is 5.91 Å². The molecule has 0 aliphatic rings. The van der Waals surface area contributed by atoms with Crippen molar-refractivity contribution < 1.29 is 9.90 Å². The van der Waals surface area contributed by atoms with E-state index in [9.17, 15) is 4.79 Å². The summed E-state index contributed by atoms with van der Waals surface area (Å²) in [5, 5.41) is 11.3. The van der Waals surface area contributed by atoms with E-state index in [1.54, 1.807) is 0 Å². The molecule has 160 valence electrons. The summed E-state index contributed by atoms with van der Waals surface area (Å²) in [6.07, 6.45) is 23.5. The van der Waals surface area contributed by atoms with Crippen molar-refractivity contribution in [3.63, 3.8) is 0 Å². The normalized spacial score (nSPS) is 11.8. The predicted octanol–water partition coefficient (Wildman–Crippen LogP) is 5.69. The van der Waals surface area contributed by atoms with Crippen LogP contribution in [0.25, 0.3) is 0 Å². The smallest absolute Gasteiger partial charge is 0.220 e. The fourth-order valence-corrected chi connectivity index (χ4v) is 3.10. The molecule has 0 heterocycles. The minimum Gasteiger partial charge on any atom is -0.395 e. The topological polar surface area (TPSA) is 49.3 Å². The molecule has 0 atom stereocenters. The van der Waals surface area contributed by atoms with Gasteiger partial charge in [0.05, 0.1) is 6.61 Å². The van der Waals surface area contributed by atoms with Crippen molar-refractivity contribution in [2.45, 2.75) is 71.1 Å². The molecule has 0 aromatic heterocycles. The van der Waals surface area contributed by atoms with Crippen molar-refractivity contribution >= 4 is 5.91 Å². The van der Waals surface area contributed by atoms with Crippen LogP contribution in [-0.2, 0) is 17.6 Å². The number of unbranched alkanes of at least 4 members (excludes halogenated alkanes) is 3. The molecular weight excluding hydrogens is 358 g/mol. The van der Waals surface area contributed by atoms with E-state index in [4.69, 9.17) is 5.11 Å². The van der Waals surface area contributed by atoms with Crippen molar-refractivity contribution in [1.82, 2.24) is 5.32 Å². The molecule has 0 saturated carbocycles. The van der Waals surface area contributed by atoms with E-state index < -0.39 is 0 Å². The van der Waals surface area contributed by atoms with Gasteiger partial charge in [0.1, 0.15) is 0 Å². The van der Waals surface area contributed by atoms with E-state index in [0.717, 1.165) is 32.1 Å². The van der Waals surface area contributed by atoms with Crippen molar-refractivity contribution in [3.8, 4) is 0 Å². The highest BCUT2D eigenvalue weighted by Crippen LogP contribution is 2.14. The zero-order valence-corrected chi connectivity index (χ0v) is 18.1. The molecule has 0 aliphatic heterocycles. The number of aryl methyl sites for hydroxylation is 1. The van der Waals surface area contributed by atoms with Gasteiger partial charge in [-0.2, -0.15) is 0 Å². The molecule has 3 nitrogen and oxygen atoms in total. The summed E-state index contributed by atoms with van der Waals surface area (Å²) in [5.74, 6) is 0.0164. The molecule has 1 rings (SSSR count). The summed E-state index contributed by atoms with van der Waals surface area (Å²) >= 11 is 0. The Hall–Kier alpha value is -2.13. The molecule has 0 fully saturated rings. The number of hydrogen-bond acceptors (Lipinski definition) is 2. The minimum atomic E-state index is -0.000490. The molecule has 1 aromatic carbocycles. The van der Waals surface area contributed by atoms with E-state index >= 15 is 0 Å². The van der Waals surface area contributed by atoms with Crippen molar-refractivity contribution in [2.75, 3.05) is 13.2 Å². The Morgan fingerprint density at radius 3 is 2.34 bits per heavy atom. The van der Waals surface area contributed by atoms with Gasteiger partial charge < -0.3 is 10.4 Å². The highest BCUT2D eigenvalue weighted by molar-refractivity contribution is 5.75. The summed E-state index contributed by atoms with van der Waals surface area (Å²) in [7, 11) is 0. The van der Waals surface area contributed by atoms with Crippen LogP contribution in [0.3, 0.4) is 0 Å². The maximum Gasteiger partial charge on any atom is 0.220 e. The van der Waals surface area contributed by atoms with Crippen LogP contribution >= 0.6 is 0 Å². The molecule has 0 saturated heterocycles. The summed E-state index contributed by atoms with van der Waals surface area (Å²) in [5.41, 5.74) is 2.95. The van der Waals surface area contributed by atoms with E-state index in [1.165, 1.54) is 36.8 Å². The van der Waals surface area contributed by atoms with Crippen LogP contribution in [-0.4, -0.2) is 24.2 Å². The highest BCUT2D eigenvalue weighted by atomic mass is 16.3. The number of hydrogen-bond donors (Lipinski definition) is 2. The van der Waals surface area contributed by atoms with Gasteiger partial charge in [-0.3, -0.25) is 4.79 Å². The lowest BCUT2D eigenvalue weighted by molar-refractivity contribution is -0.121. The second-order valence-corrected chi connectivity index (χ2v) is 7.28. The lowest BCUT2D eigenvalue weighted by Gasteiger charge is -2.07. The number of aliphatic hydroxyl groups excluding tert-OH is 1. The first-order valence-corrected chi connectivity index (χ1v) is 11.2. The Bertz CT molecular complexity index is 631. The Morgan fingerprint density at radius 1 is 0.931 bits per heavy atom. The highest BCUT2D eigenvalue weighted by Gasteiger charge is 1.99. The Labute approximate surface area is 177 Å². The number of benzene rings is 1. The largest absolute Gasteiger partial charge is 0.395 e. The van der Waals surface area contributed by atoms with Gasteiger partial charge >= 0.3 is 0 Å². The number of aliphatic hydroxyl groups is 1. The number of allylic oxidation sites excluding steroid dienone is 6. The van der Waals surface area contributed by atoms with Crippen LogP contribution in [0.4, 0.5) is 0 Å². The first-order chi connectivity index (χ1) is 14.3. The van der Waals surface area contributed by atoms with Gasteiger partial charge in [-0.15, -0.1) is 0 Å². The summed E-state index contributed by atoms with van der Waals surface area (Å²) in [4.78, 5) is 11.4. The third-order valence-corrected chi connectivity index (χ3v) is 4.76. The molecular formula is C26H39NO2. The molecule has 0 bridgehead atoms. The third kappa shape index (κ3) is 13.6. The van der Waals surface area contributed by atoms with Crippen LogP contribution in [0.2, 0.25) is 0 Å².